The van der Waals surface area contributed by atoms with Gasteiger partial charge in [-0.2, -0.15) is 0 Å². The second-order valence-electron chi connectivity index (χ2n) is 5.16. The van der Waals surface area contributed by atoms with E-state index in [1.165, 1.54) is 0 Å². The van der Waals surface area contributed by atoms with Crippen LogP contribution < -0.4 is 10.5 Å². The number of hydrogen-bond acceptors (Lipinski definition) is 4. The highest BCUT2D eigenvalue weighted by Crippen LogP contribution is 2.23. The number of benzene rings is 1. The molecule has 21 heavy (non-hydrogen) atoms. The number of aliphatic carboxylic acids is 1. The maximum absolute atomic E-state index is 12.6. The van der Waals surface area contributed by atoms with Gasteiger partial charge in [0, 0.05) is 13.1 Å². The maximum atomic E-state index is 12.6. The number of carbonyl (C=O) groups is 1. The van der Waals surface area contributed by atoms with Crippen molar-refractivity contribution >= 4 is 22.8 Å². The summed E-state index contributed by atoms with van der Waals surface area (Å²) in [6.07, 6.45) is 1.31. The van der Waals surface area contributed by atoms with E-state index < -0.39 is 12.0 Å². The molecule has 1 aliphatic rings. The minimum atomic E-state index is -0.898. The highest BCUT2D eigenvalue weighted by Gasteiger charge is 2.33. The van der Waals surface area contributed by atoms with Crippen LogP contribution in [0, 0.1) is 0 Å². The molecular formula is C15H17N3O3. The summed E-state index contributed by atoms with van der Waals surface area (Å²) in [5.41, 5.74) is 1.27. The molecule has 0 radical (unpaired) electrons. The fourth-order valence-corrected chi connectivity index (χ4v) is 2.96. The summed E-state index contributed by atoms with van der Waals surface area (Å²) in [4.78, 5) is 30.0. The molecule has 2 aromatic rings. The van der Waals surface area contributed by atoms with Crippen LogP contribution in [-0.4, -0.2) is 33.2 Å². The van der Waals surface area contributed by atoms with Gasteiger partial charge in [0.1, 0.15) is 6.04 Å². The van der Waals surface area contributed by atoms with Gasteiger partial charge in [-0.1, -0.05) is 12.1 Å². The third-order valence-electron chi connectivity index (χ3n) is 3.96. The first-order valence-corrected chi connectivity index (χ1v) is 7.12. The van der Waals surface area contributed by atoms with Crippen LogP contribution in [0.25, 0.3) is 11.0 Å². The van der Waals surface area contributed by atoms with E-state index in [-0.39, 0.29) is 11.4 Å². The van der Waals surface area contributed by atoms with Gasteiger partial charge >= 0.3 is 5.97 Å². The van der Waals surface area contributed by atoms with Crippen molar-refractivity contribution < 1.29 is 9.90 Å². The molecule has 0 saturated carbocycles. The first-order valence-electron chi connectivity index (χ1n) is 7.12. The summed E-state index contributed by atoms with van der Waals surface area (Å²) in [7, 11) is 0. The number of para-hydroxylation sites is 2. The van der Waals surface area contributed by atoms with Gasteiger partial charge in [0.15, 0.2) is 5.82 Å². The van der Waals surface area contributed by atoms with Crippen molar-refractivity contribution in [1.82, 2.24) is 9.55 Å². The molecule has 0 bridgehead atoms. The zero-order chi connectivity index (χ0) is 15.0. The molecule has 110 valence electrons. The van der Waals surface area contributed by atoms with Crippen molar-refractivity contribution in [3.05, 3.63) is 34.6 Å². The van der Waals surface area contributed by atoms with Crippen LogP contribution in [-0.2, 0) is 11.3 Å². The summed E-state index contributed by atoms with van der Waals surface area (Å²) in [6.45, 7) is 2.98. The lowest BCUT2D eigenvalue weighted by Gasteiger charge is -2.23. The quantitative estimate of drug-likeness (QED) is 0.925. The number of hydrogen-bond donors (Lipinski definition) is 1. The summed E-state index contributed by atoms with van der Waals surface area (Å²) < 4.78 is 1.65. The van der Waals surface area contributed by atoms with Gasteiger partial charge in [-0.05, 0) is 31.9 Å². The van der Waals surface area contributed by atoms with Crippen LogP contribution in [0.3, 0.4) is 0 Å². The molecule has 1 N–H and O–H groups in total. The number of rotatable bonds is 3. The highest BCUT2D eigenvalue weighted by atomic mass is 16.4. The average molecular weight is 287 g/mol. The van der Waals surface area contributed by atoms with Crippen LogP contribution in [0.4, 0.5) is 5.82 Å². The van der Waals surface area contributed by atoms with E-state index in [0.29, 0.717) is 25.0 Å². The molecule has 1 aromatic carbocycles. The second-order valence-corrected chi connectivity index (χ2v) is 5.16. The third-order valence-corrected chi connectivity index (χ3v) is 3.96. The van der Waals surface area contributed by atoms with Crippen LogP contribution in [0.2, 0.25) is 0 Å². The normalized spacial score (nSPS) is 18.3. The SMILES string of the molecule is CCn1c(=O)c(N2CCC[C@@H]2C(=O)O)nc2ccccc21. The number of carboxylic acids is 1. The Kier molecular flexibility index (Phi) is 3.37. The largest absolute Gasteiger partial charge is 0.480 e. The topological polar surface area (TPSA) is 75.4 Å². The van der Waals surface area contributed by atoms with Crippen LogP contribution >= 0.6 is 0 Å². The Balaban J connectivity index is 2.21. The summed E-state index contributed by atoms with van der Waals surface area (Å²) >= 11 is 0. The smallest absolute Gasteiger partial charge is 0.326 e. The zero-order valence-corrected chi connectivity index (χ0v) is 11.8. The van der Waals surface area contributed by atoms with Crippen LogP contribution in [0.15, 0.2) is 29.1 Å². The number of anilines is 1. The Morgan fingerprint density at radius 3 is 2.90 bits per heavy atom. The molecule has 1 atom stereocenters. The Labute approximate surface area is 121 Å². The van der Waals surface area contributed by atoms with Crippen molar-refractivity contribution in [2.45, 2.75) is 32.4 Å². The van der Waals surface area contributed by atoms with Crippen molar-refractivity contribution in [2.24, 2.45) is 0 Å². The Hall–Kier alpha value is -2.37. The summed E-state index contributed by atoms with van der Waals surface area (Å²) in [5, 5.41) is 9.30. The van der Waals surface area contributed by atoms with E-state index in [0.717, 1.165) is 11.9 Å². The highest BCUT2D eigenvalue weighted by molar-refractivity contribution is 5.80. The molecule has 0 spiro atoms. The molecule has 1 aliphatic heterocycles. The molecular weight excluding hydrogens is 270 g/mol. The zero-order valence-electron chi connectivity index (χ0n) is 11.8. The van der Waals surface area contributed by atoms with E-state index in [1.807, 2.05) is 31.2 Å². The molecule has 0 amide bonds. The van der Waals surface area contributed by atoms with Crippen molar-refractivity contribution in [2.75, 3.05) is 11.4 Å². The lowest BCUT2D eigenvalue weighted by molar-refractivity contribution is -0.138. The van der Waals surface area contributed by atoms with E-state index in [1.54, 1.807) is 9.47 Å². The number of fused-ring (bicyclic) bond motifs is 1. The van der Waals surface area contributed by atoms with Gasteiger partial charge in [-0.25, -0.2) is 9.78 Å². The number of nitrogens with zero attached hydrogens (tertiary/aromatic N) is 3. The van der Waals surface area contributed by atoms with Crippen molar-refractivity contribution in [1.29, 1.82) is 0 Å². The number of aromatic nitrogens is 2. The second kappa shape index (κ2) is 5.20. The summed E-state index contributed by atoms with van der Waals surface area (Å²) in [5.74, 6) is -0.648. The molecule has 1 saturated heterocycles. The predicted molar refractivity (Wildman–Crippen MR) is 79.7 cm³/mol. The van der Waals surface area contributed by atoms with Gasteiger partial charge in [-0.15, -0.1) is 0 Å². The fraction of sp³-hybridized carbons (Fsp3) is 0.400. The first-order chi connectivity index (χ1) is 10.1. The monoisotopic (exact) mass is 287 g/mol. The Bertz CT molecular complexity index is 753. The average Bonchev–Trinajstić information content (AvgIpc) is 2.96. The van der Waals surface area contributed by atoms with Crippen molar-refractivity contribution in [3.63, 3.8) is 0 Å². The van der Waals surface area contributed by atoms with Gasteiger partial charge in [0.2, 0.25) is 0 Å². The molecule has 3 rings (SSSR count). The third kappa shape index (κ3) is 2.16. The number of carboxylic acid groups (broad SMARTS) is 1. The minimum Gasteiger partial charge on any atom is -0.480 e. The van der Waals surface area contributed by atoms with Crippen LogP contribution in [0.1, 0.15) is 19.8 Å². The molecule has 1 fully saturated rings. The lowest BCUT2D eigenvalue weighted by atomic mass is 10.2. The van der Waals surface area contributed by atoms with Crippen molar-refractivity contribution in [3.8, 4) is 0 Å². The van der Waals surface area contributed by atoms with Gasteiger partial charge in [0.05, 0.1) is 11.0 Å². The summed E-state index contributed by atoms with van der Waals surface area (Å²) in [6, 6.07) is 6.77. The Morgan fingerprint density at radius 2 is 2.19 bits per heavy atom. The minimum absolute atomic E-state index is 0.218. The standard InChI is InChI=1S/C15H17N3O3/c1-2-17-11-7-4-3-6-10(11)16-13(14(17)19)18-9-5-8-12(18)15(20)21/h3-4,6-7,12H,2,5,8-9H2,1H3,(H,20,21)/t12-/m1/s1. The molecule has 6 nitrogen and oxygen atoms in total. The molecule has 0 unspecified atom stereocenters. The van der Waals surface area contributed by atoms with Gasteiger partial charge in [-0.3, -0.25) is 4.79 Å². The molecule has 0 aliphatic carbocycles. The maximum Gasteiger partial charge on any atom is 0.326 e. The van der Waals surface area contributed by atoms with Gasteiger partial charge < -0.3 is 14.6 Å². The predicted octanol–water partition coefficient (Wildman–Crippen LogP) is 1.47. The van der Waals surface area contributed by atoms with Gasteiger partial charge in [0.25, 0.3) is 5.56 Å². The fourth-order valence-electron chi connectivity index (χ4n) is 2.96. The lowest BCUT2D eigenvalue weighted by Crippen LogP contribution is -2.41. The molecule has 2 heterocycles. The molecule has 1 aromatic heterocycles. The van der Waals surface area contributed by atoms with E-state index in [9.17, 15) is 14.7 Å². The van der Waals surface area contributed by atoms with E-state index in [4.69, 9.17) is 0 Å². The van der Waals surface area contributed by atoms with Crippen LogP contribution in [0.5, 0.6) is 0 Å². The number of aryl methyl sites for hydroxylation is 1. The Morgan fingerprint density at radius 1 is 1.43 bits per heavy atom. The molecule has 6 heteroatoms. The van der Waals surface area contributed by atoms with E-state index in [2.05, 4.69) is 4.98 Å². The van der Waals surface area contributed by atoms with E-state index >= 15 is 0 Å². The first kappa shape index (κ1) is 13.6.